The van der Waals surface area contributed by atoms with Gasteiger partial charge in [0.25, 0.3) is 0 Å². The van der Waals surface area contributed by atoms with E-state index in [-0.39, 0.29) is 0 Å². The molecule has 17 heavy (non-hydrogen) atoms. The summed E-state index contributed by atoms with van der Waals surface area (Å²) in [5.41, 5.74) is 1.25. The fourth-order valence-corrected chi connectivity index (χ4v) is 2.48. The van der Waals surface area contributed by atoms with Crippen molar-refractivity contribution in [1.82, 2.24) is 0 Å². The van der Waals surface area contributed by atoms with Gasteiger partial charge in [0.15, 0.2) is 11.5 Å². The number of fused-ring (bicyclic) bond motifs is 1. The maximum Gasteiger partial charge on any atom is 0.161 e. The molecule has 1 aliphatic heterocycles. The highest BCUT2D eigenvalue weighted by Crippen LogP contribution is 2.35. The van der Waals surface area contributed by atoms with Crippen molar-refractivity contribution in [3.63, 3.8) is 0 Å². The standard InChI is InChI=1S/C14H19ClO2/c1-10(2)7-12(9-15)11-3-4-13-14(8-11)17-6-5-16-13/h3-4,8,10,12H,5-7,9H2,1-2H3. The summed E-state index contributed by atoms with van der Waals surface area (Å²) in [6, 6.07) is 6.16. The van der Waals surface area contributed by atoms with E-state index in [1.165, 1.54) is 5.56 Å². The lowest BCUT2D eigenvalue weighted by Gasteiger charge is -2.22. The average molecular weight is 255 g/mol. The fourth-order valence-electron chi connectivity index (χ4n) is 2.17. The van der Waals surface area contributed by atoms with E-state index >= 15 is 0 Å². The highest BCUT2D eigenvalue weighted by Gasteiger charge is 2.17. The molecular weight excluding hydrogens is 236 g/mol. The van der Waals surface area contributed by atoms with Crippen molar-refractivity contribution in [2.75, 3.05) is 19.1 Å². The second-order valence-electron chi connectivity index (χ2n) is 4.88. The van der Waals surface area contributed by atoms with Crippen molar-refractivity contribution in [3.05, 3.63) is 23.8 Å². The Hall–Kier alpha value is -0.890. The molecule has 0 saturated heterocycles. The van der Waals surface area contributed by atoms with Gasteiger partial charge in [-0.2, -0.15) is 0 Å². The first-order valence-corrected chi connectivity index (χ1v) is 6.69. The number of alkyl halides is 1. The maximum absolute atomic E-state index is 6.06. The van der Waals surface area contributed by atoms with Crippen molar-refractivity contribution >= 4 is 11.6 Å². The zero-order valence-electron chi connectivity index (χ0n) is 10.4. The molecule has 0 aliphatic carbocycles. The second-order valence-corrected chi connectivity index (χ2v) is 5.19. The van der Waals surface area contributed by atoms with Crippen LogP contribution in [0, 0.1) is 5.92 Å². The molecule has 1 atom stereocenters. The molecule has 0 saturated carbocycles. The summed E-state index contributed by atoms with van der Waals surface area (Å²) in [5, 5.41) is 0. The van der Waals surface area contributed by atoms with Crippen molar-refractivity contribution in [2.24, 2.45) is 5.92 Å². The normalized spacial score (nSPS) is 16.0. The molecule has 1 aromatic carbocycles. The summed E-state index contributed by atoms with van der Waals surface area (Å²) in [6.45, 7) is 5.71. The van der Waals surface area contributed by atoms with E-state index in [9.17, 15) is 0 Å². The third kappa shape index (κ3) is 3.06. The number of benzene rings is 1. The third-order valence-electron chi connectivity index (χ3n) is 2.98. The number of hydrogen-bond donors (Lipinski definition) is 0. The highest BCUT2D eigenvalue weighted by atomic mass is 35.5. The monoisotopic (exact) mass is 254 g/mol. The molecule has 1 unspecified atom stereocenters. The van der Waals surface area contributed by atoms with E-state index in [1.807, 2.05) is 6.07 Å². The van der Waals surface area contributed by atoms with Gasteiger partial charge in [-0.05, 0) is 36.0 Å². The van der Waals surface area contributed by atoms with Crippen LogP contribution in [0.3, 0.4) is 0 Å². The Kier molecular flexibility index (Phi) is 4.16. The minimum Gasteiger partial charge on any atom is -0.486 e. The minimum atomic E-state index is 0.396. The van der Waals surface area contributed by atoms with Crippen LogP contribution < -0.4 is 9.47 Å². The quantitative estimate of drug-likeness (QED) is 0.761. The van der Waals surface area contributed by atoms with E-state index in [0.29, 0.717) is 30.9 Å². The molecule has 2 rings (SSSR count). The largest absolute Gasteiger partial charge is 0.486 e. The summed E-state index contributed by atoms with van der Waals surface area (Å²) in [7, 11) is 0. The summed E-state index contributed by atoms with van der Waals surface area (Å²) in [4.78, 5) is 0. The molecule has 0 amide bonds. The Morgan fingerprint density at radius 3 is 2.53 bits per heavy atom. The molecule has 0 fully saturated rings. The topological polar surface area (TPSA) is 18.5 Å². The number of ether oxygens (including phenoxy) is 2. The van der Waals surface area contributed by atoms with Crippen LogP contribution in [0.4, 0.5) is 0 Å². The predicted octanol–water partition coefficient (Wildman–Crippen LogP) is 3.83. The molecule has 0 N–H and O–H groups in total. The molecule has 0 bridgehead atoms. The summed E-state index contributed by atoms with van der Waals surface area (Å²) < 4.78 is 11.1. The van der Waals surface area contributed by atoms with Gasteiger partial charge in [0.2, 0.25) is 0 Å². The Balaban J connectivity index is 2.19. The van der Waals surface area contributed by atoms with E-state index in [1.54, 1.807) is 0 Å². The molecule has 94 valence electrons. The Bertz CT molecular complexity index is 376. The summed E-state index contributed by atoms with van der Waals surface area (Å²) >= 11 is 6.06. The predicted molar refractivity (Wildman–Crippen MR) is 70.3 cm³/mol. The van der Waals surface area contributed by atoms with Gasteiger partial charge >= 0.3 is 0 Å². The molecule has 1 heterocycles. The Morgan fingerprint density at radius 2 is 1.88 bits per heavy atom. The first kappa shape index (κ1) is 12.6. The van der Waals surface area contributed by atoms with E-state index < -0.39 is 0 Å². The summed E-state index contributed by atoms with van der Waals surface area (Å²) in [5.74, 6) is 3.39. The van der Waals surface area contributed by atoms with Crippen molar-refractivity contribution in [1.29, 1.82) is 0 Å². The van der Waals surface area contributed by atoms with Crippen LogP contribution in [0.15, 0.2) is 18.2 Å². The van der Waals surface area contributed by atoms with Gasteiger partial charge < -0.3 is 9.47 Å². The van der Waals surface area contributed by atoms with Gasteiger partial charge in [-0.1, -0.05) is 19.9 Å². The molecule has 0 aromatic heterocycles. The van der Waals surface area contributed by atoms with Crippen LogP contribution in [-0.2, 0) is 0 Å². The SMILES string of the molecule is CC(C)CC(CCl)c1ccc2c(c1)OCCO2. The van der Waals surface area contributed by atoms with Crippen LogP contribution in [0.2, 0.25) is 0 Å². The van der Waals surface area contributed by atoms with Gasteiger partial charge in [0, 0.05) is 5.88 Å². The third-order valence-corrected chi connectivity index (χ3v) is 3.35. The number of rotatable bonds is 4. The van der Waals surface area contributed by atoms with Crippen LogP contribution in [0.5, 0.6) is 11.5 Å². The molecule has 2 nitrogen and oxygen atoms in total. The van der Waals surface area contributed by atoms with Gasteiger partial charge in [0.05, 0.1) is 0 Å². The van der Waals surface area contributed by atoms with Crippen LogP contribution in [-0.4, -0.2) is 19.1 Å². The lowest BCUT2D eigenvalue weighted by Crippen LogP contribution is -2.16. The highest BCUT2D eigenvalue weighted by molar-refractivity contribution is 6.18. The zero-order valence-corrected chi connectivity index (χ0v) is 11.2. The van der Waals surface area contributed by atoms with Crippen LogP contribution >= 0.6 is 11.6 Å². The lowest BCUT2D eigenvalue weighted by molar-refractivity contribution is 0.171. The van der Waals surface area contributed by atoms with Gasteiger partial charge in [-0.25, -0.2) is 0 Å². The Labute approximate surface area is 108 Å². The van der Waals surface area contributed by atoms with Crippen molar-refractivity contribution in [2.45, 2.75) is 26.2 Å². The van der Waals surface area contributed by atoms with E-state index in [0.717, 1.165) is 17.9 Å². The smallest absolute Gasteiger partial charge is 0.161 e. The van der Waals surface area contributed by atoms with Gasteiger partial charge in [-0.15, -0.1) is 11.6 Å². The molecule has 1 aromatic rings. The molecule has 0 spiro atoms. The maximum atomic E-state index is 6.06. The second kappa shape index (κ2) is 5.63. The minimum absolute atomic E-state index is 0.396. The zero-order chi connectivity index (χ0) is 12.3. The Morgan fingerprint density at radius 1 is 1.18 bits per heavy atom. The number of hydrogen-bond acceptors (Lipinski definition) is 2. The van der Waals surface area contributed by atoms with Crippen molar-refractivity contribution in [3.8, 4) is 11.5 Å². The molecule has 0 radical (unpaired) electrons. The first-order valence-electron chi connectivity index (χ1n) is 6.16. The molecule has 1 aliphatic rings. The molecule has 3 heteroatoms. The fraction of sp³-hybridized carbons (Fsp3) is 0.571. The van der Waals surface area contributed by atoms with Crippen molar-refractivity contribution < 1.29 is 9.47 Å². The van der Waals surface area contributed by atoms with Gasteiger partial charge in [0.1, 0.15) is 13.2 Å². The van der Waals surface area contributed by atoms with E-state index in [4.69, 9.17) is 21.1 Å². The molecular formula is C14H19ClO2. The van der Waals surface area contributed by atoms with Crippen LogP contribution in [0.1, 0.15) is 31.7 Å². The first-order chi connectivity index (χ1) is 8.20. The number of halogens is 1. The lowest BCUT2D eigenvalue weighted by atomic mass is 9.91. The van der Waals surface area contributed by atoms with E-state index in [2.05, 4.69) is 26.0 Å². The van der Waals surface area contributed by atoms with Gasteiger partial charge in [-0.3, -0.25) is 0 Å². The average Bonchev–Trinajstić information content (AvgIpc) is 2.35. The van der Waals surface area contributed by atoms with Crippen LogP contribution in [0.25, 0.3) is 0 Å². The summed E-state index contributed by atoms with van der Waals surface area (Å²) in [6.07, 6.45) is 1.10.